The summed E-state index contributed by atoms with van der Waals surface area (Å²) < 4.78 is 18.6. The highest BCUT2D eigenvalue weighted by molar-refractivity contribution is 5.57. The summed E-state index contributed by atoms with van der Waals surface area (Å²) in [6.45, 7) is 5.28. The minimum atomic E-state index is -0.472. The highest BCUT2D eigenvalue weighted by Gasteiger charge is 2.10. The second-order valence-corrected chi connectivity index (χ2v) is 4.51. The SMILES string of the molecule is N#Cc1c(F)cccc1NCCCN1CCOCC1. The molecule has 4 nitrogen and oxygen atoms in total. The van der Waals surface area contributed by atoms with E-state index in [9.17, 15) is 4.39 Å². The summed E-state index contributed by atoms with van der Waals surface area (Å²) in [5.41, 5.74) is 0.665. The van der Waals surface area contributed by atoms with Crippen LogP contribution in [0, 0.1) is 17.1 Å². The maximum atomic E-state index is 13.4. The first-order chi connectivity index (χ1) is 9.31. The van der Waals surface area contributed by atoms with Gasteiger partial charge in [0.05, 0.1) is 18.9 Å². The van der Waals surface area contributed by atoms with Crippen molar-refractivity contribution in [1.82, 2.24) is 4.90 Å². The van der Waals surface area contributed by atoms with Crippen LogP contribution in [0.3, 0.4) is 0 Å². The van der Waals surface area contributed by atoms with Crippen molar-refractivity contribution < 1.29 is 9.13 Å². The lowest BCUT2D eigenvalue weighted by atomic mass is 10.2. The van der Waals surface area contributed by atoms with Crippen LogP contribution in [0.4, 0.5) is 10.1 Å². The Balaban J connectivity index is 1.76. The van der Waals surface area contributed by atoms with E-state index in [-0.39, 0.29) is 5.56 Å². The fourth-order valence-corrected chi connectivity index (χ4v) is 2.14. The molecule has 0 saturated carbocycles. The molecule has 19 heavy (non-hydrogen) atoms. The van der Waals surface area contributed by atoms with E-state index in [1.165, 1.54) is 6.07 Å². The summed E-state index contributed by atoms with van der Waals surface area (Å²) in [7, 11) is 0. The molecule has 0 unspecified atom stereocenters. The fraction of sp³-hybridized carbons (Fsp3) is 0.500. The Kier molecular flexibility index (Phi) is 5.13. The van der Waals surface area contributed by atoms with E-state index in [4.69, 9.17) is 10.00 Å². The maximum Gasteiger partial charge on any atom is 0.143 e. The average Bonchev–Trinajstić information content (AvgIpc) is 2.45. The number of hydrogen-bond donors (Lipinski definition) is 1. The van der Waals surface area contributed by atoms with Crippen molar-refractivity contribution >= 4 is 5.69 Å². The first-order valence-corrected chi connectivity index (χ1v) is 6.54. The molecule has 0 aromatic heterocycles. The van der Waals surface area contributed by atoms with Gasteiger partial charge in [-0.25, -0.2) is 4.39 Å². The molecule has 0 bridgehead atoms. The minimum absolute atomic E-state index is 0.0915. The van der Waals surface area contributed by atoms with Gasteiger partial charge in [-0.3, -0.25) is 4.90 Å². The third-order valence-electron chi connectivity index (χ3n) is 3.20. The van der Waals surface area contributed by atoms with Crippen LogP contribution in [0.2, 0.25) is 0 Å². The van der Waals surface area contributed by atoms with E-state index in [0.29, 0.717) is 5.69 Å². The Bertz CT molecular complexity index is 452. The van der Waals surface area contributed by atoms with Crippen LogP contribution in [0.5, 0.6) is 0 Å². The molecule has 1 aromatic carbocycles. The van der Waals surface area contributed by atoms with Crippen molar-refractivity contribution in [2.75, 3.05) is 44.7 Å². The molecule has 1 aliphatic rings. The van der Waals surface area contributed by atoms with Gasteiger partial charge >= 0.3 is 0 Å². The van der Waals surface area contributed by atoms with Gasteiger partial charge in [-0.15, -0.1) is 0 Å². The lowest BCUT2D eigenvalue weighted by Gasteiger charge is -2.26. The van der Waals surface area contributed by atoms with Crippen LogP contribution < -0.4 is 5.32 Å². The quantitative estimate of drug-likeness (QED) is 0.823. The summed E-state index contributed by atoms with van der Waals surface area (Å²) in [5.74, 6) is -0.472. The van der Waals surface area contributed by atoms with E-state index in [1.807, 2.05) is 6.07 Å². The number of nitrogens with one attached hydrogen (secondary N) is 1. The molecule has 1 aromatic rings. The Morgan fingerprint density at radius 3 is 2.89 bits per heavy atom. The van der Waals surface area contributed by atoms with Crippen LogP contribution >= 0.6 is 0 Å². The predicted octanol–water partition coefficient (Wildman–Crippen LogP) is 1.83. The standard InChI is InChI=1S/C14H18FN3O/c15-13-3-1-4-14(12(13)11-16)17-5-2-6-18-7-9-19-10-8-18/h1,3-4,17H,2,5-10H2. The first kappa shape index (κ1) is 13.8. The van der Waals surface area contributed by atoms with E-state index in [0.717, 1.165) is 45.8 Å². The van der Waals surface area contributed by atoms with Crippen LogP contribution in [0.25, 0.3) is 0 Å². The number of rotatable bonds is 5. The van der Waals surface area contributed by atoms with Crippen molar-refractivity contribution in [3.8, 4) is 6.07 Å². The highest BCUT2D eigenvalue weighted by Crippen LogP contribution is 2.17. The zero-order valence-electron chi connectivity index (χ0n) is 10.9. The highest BCUT2D eigenvalue weighted by atomic mass is 19.1. The number of nitrogens with zero attached hydrogens (tertiary/aromatic N) is 2. The van der Waals surface area contributed by atoms with Gasteiger partial charge in [-0.05, 0) is 25.1 Å². The monoisotopic (exact) mass is 263 g/mol. The van der Waals surface area contributed by atoms with Gasteiger partial charge < -0.3 is 10.1 Å². The number of ether oxygens (including phenoxy) is 1. The zero-order chi connectivity index (χ0) is 13.5. The Hall–Kier alpha value is -1.64. The molecule has 2 rings (SSSR count). The van der Waals surface area contributed by atoms with Gasteiger partial charge in [0.1, 0.15) is 17.4 Å². The van der Waals surface area contributed by atoms with Crippen molar-refractivity contribution in [3.63, 3.8) is 0 Å². The largest absolute Gasteiger partial charge is 0.384 e. The van der Waals surface area contributed by atoms with Crippen LogP contribution in [0.1, 0.15) is 12.0 Å². The van der Waals surface area contributed by atoms with Crippen molar-refractivity contribution in [3.05, 3.63) is 29.6 Å². The van der Waals surface area contributed by atoms with E-state index in [1.54, 1.807) is 12.1 Å². The van der Waals surface area contributed by atoms with Gasteiger partial charge in [0.25, 0.3) is 0 Å². The summed E-state index contributed by atoms with van der Waals surface area (Å²) in [4.78, 5) is 2.35. The molecular formula is C14H18FN3O. The molecule has 0 atom stereocenters. The third kappa shape index (κ3) is 3.91. The normalized spacial score (nSPS) is 16.0. The van der Waals surface area contributed by atoms with E-state index in [2.05, 4.69) is 10.2 Å². The molecule has 102 valence electrons. The van der Waals surface area contributed by atoms with Crippen LogP contribution in [0.15, 0.2) is 18.2 Å². The molecule has 1 saturated heterocycles. The molecule has 5 heteroatoms. The van der Waals surface area contributed by atoms with Crippen molar-refractivity contribution in [2.45, 2.75) is 6.42 Å². The second-order valence-electron chi connectivity index (χ2n) is 4.51. The Morgan fingerprint density at radius 2 is 2.16 bits per heavy atom. The predicted molar refractivity (Wildman–Crippen MR) is 71.5 cm³/mol. The minimum Gasteiger partial charge on any atom is -0.384 e. The number of morpholine rings is 1. The molecule has 0 radical (unpaired) electrons. The Labute approximate surface area is 112 Å². The first-order valence-electron chi connectivity index (χ1n) is 6.54. The fourth-order valence-electron chi connectivity index (χ4n) is 2.14. The molecule has 0 aliphatic carbocycles. The van der Waals surface area contributed by atoms with Crippen molar-refractivity contribution in [1.29, 1.82) is 5.26 Å². The zero-order valence-corrected chi connectivity index (χ0v) is 10.9. The van der Waals surface area contributed by atoms with Crippen molar-refractivity contribution in [2.24, 2.45) is 0 Å². The Morgan fingerprint density at radius 1 is 1.37 bits per heavy atom. The topological polar surface area (TPSA) is 48.3 Å². The summed E-state index contributed by atoms with van der Waals surface area (Å²) in [5, 5.41) is 12.0. The smallest absolute Gasteiger partial charge is 0.143 e. The maximum absolute atomic E-state index is 13.4. The number of nitriles is 1. The van der Waals surface area contributed by atoms with Crippen LogP contribution in [-0.4, -0.2) is 44.3 Å². The second kappa shape index (κ2) is 7.07. The molecule has 1 N–H and O–H groups in total. The number of anilines is 1. The number of halogens is 1. The molecule has 1 aliphatic heterocycles. The average molecular weight is 263 g/mol. The van der Waals surface area contributed by atoms with E-state index < -0.39 is 5.82 Å². The molecular weight excluding hydrogens is 245 g/mol. The lowest BCUT2D eigenvalue weighted by Crippen LogP contribution is -2.37. The van der Waals surface area contributed by atoms with Gasteiger partial charge in [-0.1, -0.05) is 6.07 Å². The van der Waals surface area contributed by atoms with Gasteiger partial charge in [-0.2, -0.15) is 5.26 Å². The summed E-state index contributed by atoms with van der Waals surface area (Å²) >= 11 is 0. The lowest BCUT2D eigenvalue weighted by molar-refractivity contribution is 0.0378. The molecule has 0 amide bonds. The number of benzene rings is 1. The molecule has 1 fully saturated rings. The van der Waals surface area contributed by atoms with Gasteiger partial charge in [0.2, 0.25) is 0 Å². The summed E-state index contributed by atoms with van der Waals surface area (Å²) in [6.07, 6.45) is 0.960. The third-order valence-corrected chi connectivity index (χ3v) is 3.20. The van der Waals surface area contributed by atoms with Gasteiger partial charge in [0.15, 0.2) is 0 Å². The number of hydrogen-bond acceptors (Lipinski definition) is 4. The van der Waals surface area contributed by atoms with E-state index >= 15 is 0 Å². The van der Waals surface area contributed by atoms with Crippen LogP contribution in [-0.2, 0) is 4.74 Å². The summed E-state index contributed by atoms with van der Waals surface area (Å²) in [6, 6.07) is 6.54. The molecule has 1 heterocycles. The molecule has 0 spiro atoms. The van der Waals surface area contributed by atoms with Gasteiger partial charge in [0, 0.05) is 19.6 Å².